The molecule has 0 aromatic heterocycles. The summed E-state index contributed by atoms with van der Waals surface area (Å²) in [5.74, 6) is 1.76. The fraction of sp³-hybridized carbons (Fsp3) is 0.706. The molecule has 3 unspecified atom stereocenters. The summed E-state index contributed by atoms with van der Waals surface area (Å²) in [7, 11) is 1.79. The maximum atomic E-state index is 11.7. The molecule has 0 radical (unpaired) electrons. The molecule has 110 valence electrons. The van der Waals surface area contributed by atoms with E-state index >= 15 is 0 Å². The van der Waals surface area contributed by atoms with Crippen LogP contribution in [0, 0.1) is 23.7 Å². The van der Waals surface area contributed by atoms with E-state index in [1.807, 2.05) is 0 Å². The third-order valence-electron chi connectivity index (χ3n) is 5.80. The molecule has 0 aromatic carbocycles. The minimum absolute atomic E-state index is 0.191. The van der Waals surface area contributed by atoms with Gasteiger partial charge in [-0.1, -0.05) is 19.1 Å². The highest BCUT2D eigenvalue weighted by molar-refractivity contribution is 5.87. The summed E-state index contributed by atoms with van der Waals surface area (Å²) in [6.07, 6.45) is 8.53. The van der Waals surface area contributed by atoms with E-state index in [0.717, 1.165) is 18.4 Å². The van der Waals surface area contributed by atoms with Crippen molar-refractivity contribution < 1.29 is 14.3 Å². The Labute approximate surface area is 121 Å². The van der Waals surface area contributed by atoms with Crippen LogP contribution in [-0.4, -0.2) is 24.8 Å². The standard InChI is InChI=1S/C17H24O3/c1-10-5-6-12-9-15(18)20-17(12,3)14-8-7-13(16(10)14)11(2)19-4/h5-6,9-11,13-14,16H,7-8H2,1-4H3/t10-,11?,13-,14?,16?,17-/m0/s1. The number of hydrogen-bond donors (Lipinski definition) is 0. The summed E-state index contributed by atoms with van der Waals surface area (Å²) in [6.45, 7) is 6.53. The smallest absolute Gasteiger partial charge is 0.332 e. The highest BCUT2D eigenvalue weighted by atomic mass is 16.6. The molecule has 1 aliphatic heterocycles. The molecule has 3 aliphatic rings. The first-order valence-electron chi connectivity index (χ1n) is 7.63. The van der Waals surface area contributed by atoms with E-state index in [2.05, 4.69) is 32.9 Å². The number of ether oxygens (including phenoxy) is 2. The number of methoxy groups -OCH3 is 1. The number of esters is 1. The molecule has 0 saturated heterocycles. The lowest BCUT2D eigenvalue weighted by molar-refractivity contribution is -0.150. The van der Waals surface area contributed by atoms with E-state index in [4.69, 9.17) is 9.47 Å². The molecule has 2 aliphatic carbocycles. The van der Waals surface area contributed by atoms with Crippen molar-refractivity contribution in [2.75, 3.05) is 7.11 Å². The Bertz CT molecular complexity index is 479. The second kappa shape index (κ2) is 4.73. The molecule has 3 heteroatoms. The Morgan fingerprint density at radius 3 is 2.90 bits per heavy atom. The van der Waals surface area contributed by atoms with Crippen molar-refractivity contribution in [2.24, 2.45) is 23.7 Å². The van der Waals surface area contributed by atoms with Crippen LogP contribution >= 0.6 is 0 Å². The van der Waals surface area contributed by atoms with Crippen LogP contribution in [0.3, 0.4) is 0 Å². The quantitative estimate of drug-likeness (QED) is 0.727. The van der Waals surface area contributed by atoms with E-state index in [0.29, 0.717) is 23.7 Å². The van der Waals surface area contributed by atoms with Gasteiger partial charge in [0, 0.05) is 24.7 Å². The number of allylic oxidation sites excluding steroid dienone is 1. The molecule has 1 fully saturated rings. The van der Waals surface area contributed by atoms with Crippen LogP contribution in [0.5, 0.6) is 0 Å². The van der Waals surface area contributed by atoms with Gasteiger partial charge in [-0.25, -0.2) is 4.79 Å². The predicted molar refractivity (Wildman–Crippen MR) is 77.1 cm³/mol. The highest BCUT2D eigenvalue weighted by Gasteiger charge is 2.55. The molecule has 0 bridgehead atoms. The van der Waals surface area contributed by atoms with Gasteiger partial charge in [-0.05, 0) is 44.4 Å². The molecule has 3 nitrogen and oxygen atoms in total. The van der Waals surface area contributed by atoms with Crippen LogP contribution in [0.4, 0.5) is 0 Å². The van der Waals surface area contributed by atoms with Crippen LogP contribution in [-0.2, 0) is 14.3 Å². The summed E-state index contributed by atoms with van der Waals surface area (Å²) < 4.78 is 11.3. The fourth-order valence-electron chi connectivity index (χ4n) is 4.63. The number of fused-ring (bicyclic) bond motifs is 3. The van der Waals surface area contributed by atoms with Gasteiger partial charge in [-0.15, -0.1) is 0 Å². The minimum Gasteiger partial charge on any atom is -0.451 e. The zero-order valence-corrected chi connectivity index (χ0v) is 12.8. The van der Waals surface area contributed by atoms with Crippen LogP contribution in [0.25, 0.3) is 0 Å². The van der Waals surface area contributed by atoms with Gasteiger partial charge in [0.2, 0.25) is 0 Å². The largest absolute Gasteiger partial charge is 0.451 e. The first-order valence-corrected chi connectivity index (χ1v) is 7.63. The number of rotatable bonds is 2. The van der Waals surface area contributed by atoms with Gasteiger partial charge < -0.3 is 9.47 Å². The lowest BCUT2D eigenvalue weighted by Gasteiger charge is -2.38. The van der Waals surface area contributed by atoms with Crippen molar-refractivity contribution in [1.29, 1.82) is 0 Å². The lowest BCUT2D eigenvalue weighted by Crippen LogP contribution is -2.42. The average molecular weight is 276 g/mol. The van der Waals surface area contributed by atoms with Crippen LogP contribution in [0.1, 0.15) is 33.6 Å². The zero-order chi connectivity index (χ0) is 14.5. The predicted octanol–water partition coefficient (Wildman–Crippen LogP) is 3.11. The van der Waals surface area contributed by atoms with Crippen LogP contribution in [0.2, 0.25) is 0 Å². The molecule has 0 amide bonds. The average Bonchev–Trinajstić information content (AvgIpc) is 2.95. The maximum absolute atomic E-state index is 11.7. The van der Waals surface area contributed by atoms with Gasteiger partial charge >= 0.3 is 5.97 Å². The van der Waals surface area contributed by atoms with Crippen molar-refractivity contribution in [3.63, 3.8) is 0 Å². The highest BCUT2D eigenvalue weighted by Crippen LogP contribution is 2.54. The second-order valence-electron chi connectivity index (χ2n) is 6.71. The van der Waals surface area contributed by atoms with Gasteiger partial charge in [0.15, 0.2) is 0 Å². The van der Waals surface area contributed by atoms with Crippen molar-refractivity contribution in [1.82, 2.24) is 0 Å². The molecule has 3 rings (SSSR count). The van der Waals surface area contributed by atoms with E-state index in [1.54, 1.807) is 13.2 Å². The monoisotopic (exact) mass is 276 g/mol. The first-order chi connectivity index (χ1) is 9.47. The summed E-state index contributed by atoms with van der Waals surface area (Å²) in [5, 5.41) is 0. The number of carbonyl (C=O) groups excluding carboxylic acids is 1. The molecule has 0 spiro atoms. The van der Waals surface area contributed by atoms with Gasteiger partial charge in [0.05, 0.1) is 6.10 Å². The normalized spacial score (nSPS) is 44.4. The molecule has 20 heavy (non-hydrogen) atoms. The van der Waals surface area contributed by atoms with E-state index in [-0.39, 0.29) is 12.1 Å². The van der Waals surface area contributed by atoms with Gasteiger partial charge in [-0.2, -0.15) is 0 Å². The van der Waals surface area contributed by atoms with Gasteiger partial charge in [0.25, 0.3) is 0 Å². The molecular formula is C17H24O3. The SMILES string of the molecule is COC(C)[C@@H]1CCC2C1[C@@H](C)C=CC1=CC(=O)O[C@@]12C. The molecule has 1 heterocycles. The summed E-state index contributed by atoms with van der Waals surface area (Å²) >= 11 is 0. The summed E-state index contributed by atoms with van der Waals surface area (Å²) in [4.78, 5) is 11.7. The summed E-state index contributed by atoms with van der Waals surface area (Å²) in [5.41, 5.74) is 0.609. The van der Waals surface area contributed by atoms with Crippen molar-refractivity contribution in [3.8, 4) is 0 Å². The maximum Gasteiger partial charge on any atom is 0.332 e. The molecule has 6 atom stereocenters. The fourth-order valence-corrected chi connectivity index (χ4v) is 4.63. The van der Waals surface area contributed by atoms with E-state index < -0.39 is 5.60 Å². The Morgan fingerprint density at radius 1 is 1.45 bits per heavy atom. The minimum atomic E-state index is -0.439. The van der Waals surface area contributed by atoms with E-state index in [1.165, 1.54) is 0 Å². The molecular weight excluding hydrogens is 252 g/mol. The van der Waals surface area contributed by atoms with Crippen LogP contribution < -0.4 is 0 Å². The summed E-state index contributed by atoms with van der Waals surface area (Å²) in [6, 6.07) is 0. The van der Waals surface area contributed by atoms with Crippen LogP contribution in [0.15, 0.2) is 23.8 Å². The van der Waals surface area contributed by atoms with Gasteiger partial charge in [0.1, 0.15) is 5.60 Å². The van der Waals surface area contributed by atoms with Crippen molar-refractivity contribution >= 4 is 5.97 Å². The first kappa shape index (κ1) is 13.9. The lowest BCUT2D eigenvalue weighted by atomic mass is 9.72. The van der Waals surface area contributed by atoms with E-state index in [9.17, 15) is 4.79 Å². The number of carbonyl (C=O) groups is 1. The topological polar surface area (TPSA) is 35.5 Å². The Morgan fingerprint density at radius 2 is 2.20 bits per heavy atom. The third-order valence-corrected chi connectivity index (χ3v) is 5.80. The Balaban J connectivity index is 1.99. The second-order valence-corrected chi connectivity index (χ2v) is 6.71. The van der Waals surface area contributed by atoms with Crippen molar-refractivity contribution in [2.45, 2.75) is 45.3 Å². The molecule has 0 N–H and O–H groups in total. The Hall–Kier alpha value is -1.09. The Kier molecular flexibility index (Phi) is 3.28. The van der Waals surface area contributed by atoms with Crippen molar-refractivity contribution in [3.05, 3.63) is 23.8 Å². The molecule has 1 saturated carbocycles. The molecule has 0 aromatic rings. The zero-order valence-electron chi connectivity index (χ0n) is 12.8. The number of hydrogen-bond acceptors (Lipinski definition) is 3. The van der Waals surface area contributed by atoms with Gasteiger partial charge in [-0.3, -0.25) is 0 Å². The third kappa shape index (κ3) is 1.86.